The maximum Gasteiger partial charge on any atom is 0.422 e. The first-order valence-corrected chi connectivity index (χ1v) is 9.67. The van der Waals surface area contributed by atoms with Gasteiger partial charge in [0.25, 0.3) is 0 Å². The lowest BCUT2D eigenvalue weighted by atomic mass is 10.1. The summed E-state index contributed by atoms with van der Waals surface area (Å²) in [5.74, 6) is 0.806. The number of nitrogens with zero attached hydrogens (tertiary/aromatic N) is 1. The minimum Gasteiger partial charge on any atom is -0.484 e. The van der Waals surface area contributed by atoms with Gasteiger partial charge in [-0.1, -0.05) is 36.4 Å². The lowest BCUT2D eigenvalue weighted by Gasteiger charge is -2.13. The molecule has 5 nitrogen and oxygen atoms in total. The van der Waals surface area contributed by atoms with Gasteiger partial charge in [-0.2, -0.15) is 13.2 Å². The fraction of sp³-hybridized carbons (Fsp3) is 0.409. The van der Waals surface area contributed by atoms with Gasteiger partial charge in [0.15, 0.2) is 12.6 Å². The highest BCUT2D eigenvalue weighted by Crippen LogP contribution is 2.18. The molecule has 9 heteroatoms. The lowest BCUT2D eigenvalue weighted by Crippen LogP contribution is -2.36. The summed E-state index contributed by atoms with van der Waals surface area (Å²) in [5.41, 5.74) is 3.13. The van der Waals surface area contributed by atoms with E-state index in [0.29, 0.717) is 25.7 Å². The number of rotatable bonds is 9. The van der Waals surface area contributed by atoms with Crippen molar-refractivity contribution in [2.75, 3.05) is 13.7 Å². The van der Waals surface area contributed by atoms with Crippen molar-refractivity contribution in [3.05, 3.63) is 65.2 Å². The minimum absolute atomic E-state index is 0. The summed E-state index contributed by atoms with van der Waals surface area (Å²) in [5, 5.41) is 6.41. The Morgan fingerprint density at radius 2 is 1.39 bits per heavy atom. The van der Waals surface area contributed by atoms with Crippen LogP contribution in [0.25, 0.3) is 0 Å². The van der Waals surface area contributed by atoms with Crippen molar-refractivity contribution >= 4 is 29.9 Å². The zero-order valence-electron chi connectivity index (χ0n) is 17.8. The average molecular weight is 551 g/mol. The van der Waals surface area contributed by atoms with E-state index in [1.54, 1.807) is 19.2 Å². The SMILES string of the molecule is CN=C(NCc1ccc(COC(C)C)cc1)NCc1ccc(OCC(F)(F)F)cc1.I. The second-order valence-electron chi connectivity index (χ2n) is 7.00. The Kier molecular flexibility index (Phi) is 11.7. The van der Waals surface area contributed by atoms with Crippen LogP contribution in [0.4, 0.5) is 13.2 Å². The van der Waals surface area contributed by atoms with E-state index < -0.39 is 12.8 Å². The number of alkyl halides is 3. The van der Waals surface area contributed by atoms with Gasteiger partial charge in [-0.05, 0) is 42.7 Å². The van der Waals surface area contributed by atoms with E-state index in [0.717, 1.165) is 16.7 Å². The van der Waals surface area contributed by atoms with Gasteiger partial charge in [-0.15, -0.1) is 24.0 Å². The van der Waals surface area contributed by atoms with Crippen LogP contribution in [-0.2, 0) is 24.4 Å². The van der Waals surface area contributed by atoms with Crippen LogP contribution in [0, 0.1) is 0 Å². The van der Waals surface area contributed by atoms with Crippen LogP contribution in [0.5, 0.6) is 5.75 Å². The molecule has 0 spiro atoms. The Labute approximate surface area is 198 Å². The van der Waals surface area contributed by atoms with Crippen LogP contribution in [0.15, 0.2) is 53.5 Å². The van der Waals surface area contributed by atoms with E-state index in [1.165, 1.54) is 12.1 Å². The van der Waals surface area contributed by atoms with Crippen molar-refractivity contribution in [1.29, 1.82) is 0 Å². The predicted molar refractivity (Wildman–Crippen MR) is 127 cm³/mol. The molecule has 2 N–H and O–H groups in total. The number of aliphatic imine (C=N–C) groups is 1. The zero-order chi connectivity index (χ0) is 22.0. The number of ether oxygens (including phenoxy) is 2. The van der Waals surface area contributed by atoms with E-state index in [-0.39, 0.29) is 35.8 Å². The first kappa shape index (κ1) is 27.0. The molecule has 0 saturated carbocycles. The largest absolute Gasteiger partial charge is 0.484 e. The summed E-state index contributed by atoms with van der Waals surface area (Å²) in [7, 11) is 1.68. The van der Waals surface area contributed by atoms with Gasteiger partial charge in [0.1, 0.15) is 5.75 Å². The van der Waals surface area contributed by atoms with Gasteiger partial charge in [0.05, 0.1) is 12.7 Å². The van der Waals surface area contributed by atoms with Crippen molar-refractivity contribution in [2.24, 2.45) is 4.99 Å². The van der Waals surface area contributed by atoms with E-state index in [4.69, 9.17) is 9.47 Å². The number of hydrogen-bond acceptors (Lipinski definition) is 3. The van der Waals surface area contributed by atoms with Crippen molar-refractivity contribution < 1.29 is 22.6 Å². The Hall–Kier alpha value is -2.01. The molecule has 0 bridgehead atoms. The minimum atomic E-state index is -4.35. The Morgan fingerprint density at radius 3 is 1.84 bits per heavy atom. The monoisotopic (exact) mass is 551 g/mol. The van der Waals surface area contributed by atoms with Crippen LogP contribution in [0.3, 0.4) is 0 Å². The molecule has 0 saturated heterocycles. The maximum atomic E-state index is 12.2. The number of guanidine groups is 1. The fourth-order valence-corrected chi connectivity index (χ4v) is 2.48. The van der Waals surface area contributed by atoms with Crippen molar-refractivity contribution in [3.63, 3.8) is 0 Å². The molecule has 0 heterocycles. The number of hydrogen-bond donors (Lipinski definition) is 2. The molecule has 0 unspecified atom stereocenters. The molecule has 0 fully saturated rings. The van der Waals surface area contributed by atoms with Crippen molar-refractivity contribution in [3.8, 4) is 5.75 Å². The summed E-state index contributed by atoms with van der Waals surface area (Å²) >= 11 is 0. The summed E-state index contributed by atoms with van der Waals surface area (Å²) < 4.78 is 46.9. The van der Waals surface area contributed by atoms with E-state index in [9.17, 15) is 13.2 Å². The Morgan fingerprint density at radius 1 is 0.903 bits per heavy atom. The third kappa shape index (κ3) is 11.3. The van der Waals surface area contributed by atoms with Gasteiger partial charge >= 0.3 is 6.18 Å². The third-order valence-corrected chi connectivity index (χ3v) is 4.08. The van der Waals surface area contributed by atoms with E-state index in [1.807, 2.05) is 38.1 Å². The molecule has 0 aliphatic heterocycles. The summed E-state index contributed by atoms with van der Waals surface area (Å²) in [4.78, 5) is 4.18. The zero-order valence-corrected chi connectivity index (χ0v) is 20.2. The molecule has 0 atom stereocenters. The van der Waals surface area contributed by atoms with Gasteiger partial charge in [0.2, 0.25) is 0 Å². The molecule has 2 aromatic carbocycles. The van der Waals surface area contributed by atoms with Gasteiger partial charge in [-0.25, -0.2) is 0 Å². The van der Waals surface area contributed by atoms with E-state index >= 15 is 0 Å². The highest BCUT2D eigenvalue weighted by atomic mass is 127. The van der Waals surface area contributed by atoms with E-state index in [2.05, 4.69) is 15.6 Å². The predicted octanol–water partition coefficient (Wildman–Crippen LogP) is 5.04. The van der Waals surface area contributed by atoms with Gasteiger partial charge < -0.3 is 20.1 Å². The van der Waals surface area contributed by atoms with Crippen LogP contribution in [0.1, 0.15) is 30.5 Å². The first-order valence-electron chi connectivity index (χ1n) is 9.67. The lowest BCUT2D eigenvalue weighted by molar-refractivity contribution is -0.153. The quantitative estimate of drug-likeness (QED) is 0.261. The smallest absolute Gasteiger partial charge is 0.422 e. The van der Waals surface area contributed by atoms with Crippen molar-refractivity contribution in [2.45, 2.75) is 45.8 Å². The molecule has 0 aliphatic carbocycles. The number of halogens is 4. The molecule has 0 radical (unpaired) electrons. The fourth-order valence-electron chi connectivity index (χ4n) is 2.48. The number of nitrogens with one attached hydrogen (secondary N) is 2. The Bertz CT molecular complexity index is 795. The maximum absolute atomic E-state index is 12.2. The molecule has 0 amide bonds. The Balaban J connectivity index is 0.00000480. The number of benzene rings is 2. The molecular weight excluding hydrogens is 522 g/mol. The molecule has 0 aromatic heterocycles. The molecule has 172 valence electrons. The highest BCUT2D eigenvalue weighted by molar-refractivity contribution is 14.0. The second-order valence-corrected chi connectivity index (χ2v) is 7.00. The summed E-state index contributed by atoms with van der Waals surface area (Å²) in [6.45, 7) is 4.39. The molecule has 31 heavy (non-hydrogen) atoms. The molecule has 0 aliphatic rings. The van der Waals surface area contributed by atoms with Crippen LogP contribution < -0.4 is 15.4 Å². The normalized spacial score (nSPS) is 11.8. The van der Waals surface area contributed by atoms with Crippen molar-refractivity contribution in [1.82, 2.24) is 10.6 Å². The summed E-state index contributed by atoms with van der Waals surface area (Å²) in [6, 6.07) is 14.6. The van der Waals surface area contributed by atoms with Crippen LogP contribution >= 0.6 is 24.0 Å². The second kappa shape index (κ2) is 13.4. The first-order chi connectivity index (χ1) is 14.2. The van der Waals surface area contributed by atoms with Gasteiger partial charge in [0, 0.05) is 20.1 Å². The van der Waals surface area contributed by atoms with Crippen LogP contribution in [0.2, 0.25) is 0 Å². The standard InChI is InChI=1S/C22H28F3N3O2.HI/c1-16(2)29-14-19-6-4-17(5-7-19)12-27-21(26-3)28-13-18-8-10-20(11-9-18)30-15-22(23,24)25;/h4-11,16H,12-15H2,1-3H3,(H2,26,27,28);1H. The van der Waals surface area contributed by atoms with Gasteiger partial charge in [-0.3, -0.25) is 4.99 Å². The molecule has 2 rings (SSSR count). The van der Waals surface area contributed by atoms with Crippen LogP contribution in [-0.4, -0.2) is 31.9 Å². The molecule has 2 aromatic rings. The topological polar surface area (TPSA) is 54.9 Å². The summed E-state index contributed by atoms with van der Waals surface area (Å²) in [6.07, 6.45) is -4.15. The average Bonchev–Trinajstić information content (AvgIpc) is 2.72. The third-order valence-electron chi connectivity index (χ3n) is 4.08. The highest BCUT2D eigenvalue weighted by Gasteiger charge is 2.28. The molecular formula is C22H29F3IN3O2.